The zero-order valence-corrected chi connectivity index (χ0v) is 12.5. The number of fused-ring (bicyclic) bond motifs is 8. The fourth-order valence-electron chi connectivity index (χ4n) is 3.75. The van der Waals surface area contributed by atoms with Crippen LogP contribution in [0.5, 0.6) is 5.75 Å². The van der Waals surface area contributed by atoms with Crippen LogP contribution < -0.4 is 0 Å². The Morgan fingerprint density at radius 1 is 0.435 bits per heavy atom. The molecule has 0 heterocycles. The van der Waals surface area contributed by atoms with E-state index in [4.69, 9.17) is 0 Å². The van der Waals surface area contributed by atoms with Crippen LogP contribution in [0.25, 0.3) is 43.1 Å². The maximum absolute atomic E-state index is 10.5. The Labute approximate surface area is 133 Å². The number of phenols is 1. The van der Waals surface area contributed by atoms with Gasteiger partial charge in [0.05, 0.1) is 0 Å². The van der Waals surface area contributed by atoms with Gasteiger partial charge in [0, 0.05) is 5.39 Å². The minimum absolute atomic E-state index is 0.341. The van der Waals surface area contributed by atoms with E-state index in [2.05, 4.69) is 66.7 Å². The molecule has 0 bridgehead atoms. The second-order valence-corrected chi connectivity index (χ2v) is 5.95. The first-order valence-corrected chi connectivity index (χ1v) is 7.78. The third-order valence-electron chi connectivity index (χ3n) is 4.73. The number of hydrogen-bond donors (Lipinski definition) is 1. The second-order valence-electron chi connectivity index (χ2n) is 5.95. The number of aromatic hydroxyl groups is 1. The largest absolute Gasteiger partial charge is 0.507 e. The molecule has 0 aliphatic heterocycles. The van der Waals surface area contributed by atoms with Crippen molar-refractivity contribution in [3.8, 4) is 5.75 Å². The van der Waals surface area contributed by atoms with Crippen molar-refractivity contribution in [2.45, 2.75) is 0 Å². The summed E-state index contributed by atoms with van der Waals surface area (Å²) >= 11 is 0. The van der Waals surface area contributed by atoms with E-state index in [-0.39, 0.29) is 0 Å². The number of hydrogen-bond acceptors (Lipinski definition) is 1. The number of phenolic OH excluding ortho intramolecular Hbond substituents is 1. The van der Waals surface area contributed by atoms with E-state index in [1.54, 1.807) is 6.07 Å². The van der Waals surface area contributed by atoms with E-state index in [1.165, 1.54) is 26.9 Å². The van der Waals surface area contributed by atoms with Gasteiger partial charge in [0.1, 0.15) is 5.75 Å². The molecule has 1 N–H and O–H groups in total. The molecule has 0 aromatic heterocycles. The first-order valence-electron chi connectivity index (χ1n) is 7.78. The molecule has 108 valence electrons. The van der Waals surface area contributed by atoms with Crippen molar-refractivity contribution >= 4 is 43.1 Å². The molecule has 5 aromatic carbocycles. The third kappa shape index (κ3) is 1.62. The number of rotatable bonds is 0. The summed E-state index contributed by atoms with van der Waals surface area (Å²) in [5.41, 5.74) is 0. The maximum atomic E-state index is 10.5. The molecule has 0 fully saturated rings. The lowest BCUT2D eigenvalue weighted by Gasteiger charge is -2.13. The van der Waals surface area contributed by atoms with Gasteiger partial charge in [0.25, 0.3) is 0 Å². The van der Waals surface area contributed by atoms with Crippen LogP contribution in [0.4, 0.5) is 0 Å². The Bertz CT molecular complexity index is 1220. The quantitative estimate of drug-likeness (QED) is 0.347. The average Bonchev–Trinajstić information content (AvgIpc) is 2.61. The minimum Gasteiger partial charge on any atom is -0.507 e. The first-order chi connectivity index (χ1) is 11.3. The summed E-state index contributed by atoms with van der Waals surface area (Å²) in [5, 5.41) is 19.7. The SMILES string of the molecule is Oc1cccc2c3ccccc3c3c4ccccc4ccc3c12. The topological polar surface area (TPSA) is 20.2 Å². The molecule has 0 aliphatic carbocycles. The summed E-state index contributed by atoms with van der Waals surface area (Å²) in [5.74, 6) is 0.341. The van der Waals surface area contributed by atoms with Gasteiger partial charge in [-0.2, -0.15) is 0 Å². The molecule has 1 heteroatoms. The van der Waals surface area contributed by atoms with Crippen molar-refractivity contribution in [3.05, 3.63) is 78.9 Å². The molecule has 0 saturated carbocycles. The van der Waals surface area contributed by atoms with Crippen molar-refractivity contribution in [3.63, 3.8) is 0 Å². The molecule has 0 spiro atoms. The van der Waals surface area contributed by atoms with Gasteiger partial charge in [-0.3, -0.25) is 0 Å². The van der Waals surface area contributed by atoms with E-state index in [0.717, 1.165) is 16.2 Å². The molecule has 0 aliphatic rings. The van der Waals surface area contributed by atoms with Crippen LogP contribution >= 0.6 is 0 Å². The van der Waals surface area contributed by atoms with Gasteiger partial charge in [0.15, 0.2) is 0 Å². The molecule has 0 radical (unpaired) electrons. The molecule has 5 rings (SSSR count). The number of benzene rings is 5. The van der Waals surface area contributed by atoms with E-state index in [0.29, 0.717) is 5.75 Å². The normalized spacial score (nSPS) is 11.7. The van der Waals surface area contributed by atoms with Gasteiger partial charge in [0.2, 0.25) is 0 Å². The van der Waals surface area contributed by atoms with Gasteiger partial charge in [-0.25, -0.2) is 0 Å². The Morgan fingerprint density at radius 2 is 1.09 bits per heavy atom. The van der Waals surface area contributed by atoms with Crippen LogP contribution in [0, 0.1) is 0 Å². The van der Waals surface area contributed by atoms with Crippen LogP contribution in [-0.4, -0.2) is 5.11 Å². The lowest BCUT2D eigenvalue weighted by Crippen LogP contribution is -1.85. The molecule has 1 nitrogen and oxygen atoms in total. The van der Waals surface area contributed by atoms with Crippen LogP contribution in [0.15, 0.2) is 78.9 Å². The highest BCUT2D eigenvalue weighted by Crippen LogP contribution is 2.41. The first kappa shape index (κ1) is 12.5. The van der Waals surface area contributed by atoms with Gasteiger partial charge in [-0.15, -0.1) is 0 Å². The molecular formula is C22H14O. The van der Waals surface area contributed by atoms with Crippen molar-refractivity contribution in [2.24, 2.45) is 0 Å². The molecule has 5 aromatic rings. The van der Waals surface area contributed by atoms with Crippen LogP contribution in [0.1, 0.15) is 0 Å². The van der Waals surface area contributed by atoms with Gasteiger partial charge in [-0.05, 0) is 43.8 Å². The van der Waals surface area contributed by atoms with Crippen LogP contribution in [0.2, 0.25) is 0 Å². The van der Waals surface area contributed by atoms with Gasteiger partial charge >= 0.3 is 0 Å². The summed E-state index contributed by atoms with van der Waals surface area (Å²) < 4.78 is 0. The van der Waals surface area contributed by atoms with Crippen molar-refractivity contribution in [1.82, 2.24) is 0 Å². The lowest BCUT2D eigenvalue weighted by molar-refractivity contribution is 0.482. The zero-order valence-electron chi connectivity index (χ0n) is 12.5. The predicted octanol–water partition coefficient (Wildman–Crippen LogP) is 6.01. The Kier molecular flexibility index (Phi) is 2.42. The van der Waals surface area contributed by atoms with E-state index in [1.807, 2.05) is 6.07 Å². The fourth-order valence-corrected chi connectivity index (χ4v) is 3.75. The highest BCUT2D eigenvalue weighted by molar-refractivity contribution is 6.32. The van der Waals surface area contributed by atoms with Crippen LogP contribution in [0.3, 0.4) is 0 Å². The Hall–Kier alpha value is -3.06. The maximum Gasteiger partial charge on any atom is 0.124 e. The summed E-state index contributed by atoms with van der Waals surface area (Å²) in [4.78, 5) is 0. The Morgan fingerprint density at radius 3 is 1.96 bits per heavy atom. The molecule has 0 amide bonds. The predicted molar refractivity (Wildman–Crippen MR) is 98.1 cm³/mol. The minimum atomic E-state index is 0.341. The van der Waals surface area contributed by atoms with Crippen molar-refractivity contribution in [1.29, 1.82) is 0 Å². The van der Waals surface area contributed by atoms with E-state index >= 15 is 0 Å². The molecule has 23 heavy (non-hydrogen) atoms. The average molecular weight is 294 g/mol. The Balaban J connectivity index is 2.25. The summed E-state index contributed by atoms with van der Waals surface area (Å²) in [7, 11) is 0. The molecular weight excluding hydrogens is 280 g/mol. The summed E-state index contributed by atoms with van der Waals surface area (Å²) in [6, 6.07) is 26.9. The smallest absolute Gasteiger partial charge is 0.124 e. The fraction of sp³-hybridized carbons (Fsp3) is 0. The highest BCUT2D eigenvalue weighted by Gasteiger charge is 2.12. The van der Waals surface area contributed by atoms with E-state index < -0.39 is 0 Å². The lowest BCUT2D eigenvalue weighted by atomic mass is 9.91. The summed E-state index contributed by atoms with van der Waals surface area (Å²) in [6.07, 6.45) is 0. The highest BCUT2D eigenvalue weighted by atomic mass is 16.3. The molecule has 0 atom stereocenters. The van der Waals surface area contributed by atoms with Gasteiger partial charge < -0.3 is 5.11 Å². The summed E-state index contributed by atoms with van der Waals surface area (Å²) in [6.45, 7) is 0. The molecule has 0 saturated heterocycles. The standard InChI is InChI=1S/C22H14O/c23-20-11-5-10-18-16-8-3-4-9-17(16)21-15-7-2-1-6-14(15)12-13-19(21)22(18)20/h1-13,23H. The van der Waals surface area contributed by atoms with Crippen molar-refractivity contribution in [2.75, 3.05) is 0 Å². The second kappa shape index (κ2) is 4.47. The van der Waals surface area contributed by atoms with E-state index in [9.17, 15) is 5.11 Å². The van der Waals surface area contributed by atoms with Crippen molar-refractivity contribution < 1.29 is 5.11 Å². The monoisotopic (exact) mass is 294 g/mol. The zero-order chi connectivity index (χ0) is 15.4. The van der Waals surface area contributed by atoms with Gasteiger partial charge in [-0.1, -0.05) is 72.8 Å². The third-order valence-corrected chi connectivity index (χ3v) is 4.73. The van der Waals surface area contributed by atoms with Crippen LogP contribution in [-0.2, 0) is 0 Å². The molecule has 0 unspecified atom stereocenters.